The predicted molar refractivity (Wildman–Crippen MR) is 136 cm³/mol. The van der Waals surface area contributed by atoms with Crippen molar-refractivity contribution in [3.05, 3.63) is 94.3 Å². The van der Waals surface area contributed by atoms with Crippen LogP contribution in [-0.4, -0.2) is 33.1 Å². The fourth-order valence-corrected chi connectivity index (χ4v) is 4.45. The van der Waals surface area contributed by atoms with Gasteiger partial charge in [0.25, 0.3) is 0 Å². The lowest BCUT2D eigenvalue weighted by atomic mass is 10.0. The van der Waals surface area contributed by atoms with Crippen LogP contribution in [0.25, 0.3) is 17.2 Å². The number of hydrazone groups is 1. The van der Waals surface area contributed by atoms with E-state index < -0.39 is 22.9 Å². The number of fused-ring (bicyclic) bond motifs is 1. The summed E-state index contributed by atoms with van der Waals surface area (Å²) < 4.78 is 25.8. The van der Waals surface area contributed by atoms with Gasteiger partial charge in [-0.05, 0) is 106 Å². The normalized spacial score (nSPS) is 15.0. The van der Waals surface area contributed by atoms with Crippen molar-refractivity contribution in [3.63, 3.8) is 0 Å². The number of hydrogen-bond acceptors (Lipinski definition) is 5. The Bertz CT molecular complexity index is 1380. The number of allylic oxidation sites excluding steroid dienone is 2. The standard InChI is InChI=1S/C27H23FN2O4S/c1-16-22(12-17-6-9-20(10-7-17)35(2)34)21-11-8-19(28)13-24(21)23(16)14-26(32)30-29-15-18-4-3-5-25(31)27(18)33/h3-13,15,31,33H,14H2,1-2H3,(H,30,32)/b22-12-,29-15-. The molecule has 178 valence electrons. The molecule has 0 aromatic heterocycles. The molecule has 3 N–H and O–H groups in total. The summed E-state index contributed by atoms with van der Waals surface area (Å²) in [7, 11) is 0. The maximum atomic E-state index is 14.1. The van der Waals surface area contributed by atoms with Crippen LogP contribution in [0, 0.1) is 5.82 Å². The third kappa shape index (κ3) is 5.29. The van der Waals surface area contributed by atoms with Crippen LogP contribution in [0.2, 0.25) is 0 Å². The molecule has 0 spiro atoms. The lowest BCUT2D eigenvalue weighted by molar-refractivity contribution is -0.120. The molecule has 1 aliphatic carbocycles. The number of halogens is 1. The van der Waals surface area contributed by atoms with Gasteiger partial charge < -0.3 is 14.8 Å². The van der Waals surface area contributed by atoms with Gasteiger partial charge in [-0.25, -0.2) is 9.82 Å². The number of carbonyl (C=O) groups excluding carboxylic acids is 1. The van der Waals surface area contributed by atoms with Crippen LogP contribution in [0.4, 0.5) is 4.39 Å². The SMILES string of the molecule is CC1=C(CC(=O)N/N=C\c2cccc(O)c2O)c2cc(F)ccc2/C1=C\c1ccc([S+](C)[O-])cc1. The summed E-state index contributed by atoms with van der Waals surface area (Å²) >= 11 is -1.07. The molecule has 35 heavy (non-hydrogen) atoms. The number of benzene rings is 3. The number of nitrogens with zero attached hydrogens (tertiary/aromatic N) is 1. The summed E-state index contributed by atoms with van der Waals surface area (Å²) in [6, 6.07) is 16.3. The van der Waals surface area contributed by atoms with Crippen LogP contribution in [-0.2, 0) is 16.0 Å². The monoisotopic (exact) mass is 490 g/mol. The minimum Gasteiger partial charge on any atom is -0.612 e. The van der Waals surface area contributed by atoms with Gasteiger partial charge in [-0.3, -0.25) is 4.79 Å². The molecular formula is C27H23FN2O4S. The predicted octanol–water partition coefficient (Wildman–Crippen LogP) is 4.84. The summed E-state index contributed by atoms with van der Waals surface area (Å²) in [5.41, 5.74) is 7.43. The summed E-state index contributed by atoms with van der Waals surface area (Å²) in [5, 5.41) is 23.3. The third-order valence-corrected chi connectivity index (χ3v) is 6.69. The Morgan fingerprint density at radius 3 is 2.57 bits per heavy atom. The maximum absolute atomic E-state index is 14.1. The van der Waals surface area contributed by atoms with Crippen LogP contribution in [0.3, 0.4) is 0 Å². The molecule has 0 heterocycles. The Morgan fingerprint density at radius 1 is 1.11 bits per heavy atom. The summed E-state index contributed by atoms with van der Waals surface area (Å²) in [6.07, 6.45) is 4.78. The first-order chi connectivity index (χ1) is 16.7. The summed E-state index contributed by atoms with van der Waals surface area (Å²) in [5.74, 6) is -1.44. The lowest BCUT2D eigenvalue weighted by Gasteiger charge is -2.06. The second-order valence-corrected chi connectivity index (χ2v) is 9.44. The molecule has 0 bridgehead atoms. The number of phenolic OH excluding ortho intramolecular Hbond substituents is 2. The van der Waals surface area contributed by atoms with Crippen molar-refractivity contribution in [2.75, 3.05) is 6.26 Å². The Morgan fingerprint density at radius 2 is 1.86 bits per heavy atom. The Labute approximate surface area is 205 Å². The van der Waals surface area contributed by atoms with Gasteiger partial charge in [0.1, 0.15) is 12.1 Å². The summed E-state index contributed by atoms with van der Waals surface area (Å²) in [4.78, 5) is 13.4. The number of rotatable bonds is 6. The Hall–Kier alpha value is -3.88. The highest BCUT2D eigenvalue weighted by Crippen LogP contribution is 2.43. The maximum Gasteiger partial charge on any atom is 0.244 e. The van der Waals surface area contributed by atoms with E-state index in [1.54, 1.807) is 30.5 Å². The van der Waals surface area contributed by atoms with Crippen molar-refractivity contribution in [1.29, 1.82) is 0 Å². The number of hydrogen-bond donors (Lipinski definition) is 3. The average Bonchev–Trinajstić information content (AvgIpc) is 3.07. The highest BCUT2D eigenvalue weighted by Gasteiger charge is 2.25. The molecular weight excluding hydrogens is 467 g/mol. The number of phenols is 2. The topological polar surface area (TPSA) is 105 Å². The first-order valence-corrected chi connectivity index (χ1v) is 12.3. The molecule has 1 amide bonds. The van der Waals surface area contributed by atoms with E-state index in [9.17, 15) is 24.0 Å². The molecule has 1 aliphatic rings. The van der Waals surface area contributed by atoms with Gasteiger partial charge in [0.05, 0.1) is 12.6 Å². The van der Waals surface area contributed by atoms with Gasteiger partial charge in [0, 0.05) is 5.56 Å². The minimum absolute atomic E-state index is 0.0310. The molecule has 3 aromatic rings. The zero-order valence-electron chi connectivity index (χ0n) is 19.1. The van der Waals surface area contributed by atoms with E-state index >= 15 is 0 Å². The highest BCUT2D eigenvalue weighted by atomic mass is 32.2. The average molecular weight is 491 g/mol. The van der Waals surface area contributed by atoms with Crippen LogP contribution in [0.5, 0.6) is 11.5 Å². The van der Waals surface area contributed by atoms with E-state index in [1.807, 2.05) is 25.1 Å². The molecule has 8 heteroatoms. The fraction of sp³-hybridized carbons (Fsp3) is 0.111. The number of nitrogens with one attached hydrogen (secondary N) is 1. The van der Waals surface area contributed by atoms with Crippen molar-refractivity contribution < 1.29 is 24.0 Å². The van der Waals surface area contributed by atoms with Gasteiger partial charge >= 0.3 is 0 Å². The lowest BCUT2D eigenvalue weighted by Crippen LogP contribution is -2.17. The van der Waals surface area contributed by atoms with Gasteiger partial charge in [-0.1, -0.05) is 12.1 Å². The fourth-order valence-electron chi connectivity index (χ4n) is 3.93. The zero-order chi connectivity index (χ0) is 25.1. The smallest absolute Gasteiger partial charge is 0.244 e. The van der Waals surface area contributed by atoms with E-state index in [0.29, 0.717) is 11.1 Å². The van der Waals surface area contributed by atoms with Crippen molar-refractivity contribution in [1.82, 2.24) is 5.43 Å². The molecule has 6 nitrogen and oxygen atoms in total. The van der Waals surface area contributed by atoms with Crippen molar-refractivity contribution in [2.45, 2.75) is 18.2 Å². The van der Waals surface area contributed by atoms with E-state index in [0.717, 1.165) is 27.2 Å². The third-order valence-electron chi connectivity index (χ3n) is 5.75. The first kappa shape index (κ1) is 24.3. The Kier molecular flexibility index (Phi) is 7.04. The van der Waals surface area contributed by atoms with Crippen molar-refractivity contribution in [2.24, 2.45) is 5.10 Å². The largest absolute Gasteiger partial charge is 0.612 e. The Balaban J connectivity index is 1.59. The van der Waals surface area contributed by atoms with Gasteiger partial charge in [-0.2, -0.15) is 5.10 Å². The van der Waals surface area contributed by atoms with E-state index in [1.165, 1.54) is 30.5 Å². The molecule has 3 aromatic carbocycles. The number of aromatic hydroxyl groups is 2. The molecule has 4 rings (SSSR count). The molecule has 1 unspecified atom stereocenters. The number of carbonyl (C=O) groups is 1. The molecule has 0 saturated carbocycles. The number of para-hydroxylation sites is 1. The number of amides is 1. The second kappa shape index (κ2) is 10.2. The van der Waals surface area contributed by atoms with E-state index in [4.69, 9.17) is 0 Å². The van der Waals surface area contributed by atoms with E-state index in [2.05, 4.69) is 10.5 Å². The van der Waals surface area contributed by atoms with Crippen molar-refractivity contribution in [3.8, 4) is 11.5 Å². The highest BCUT2D eigenvalue weighted by molar-refractivity contribution is 7.90. The van der Waals surface area contributed by atoms with Crippen molar-refractivity contribution >= 4 is 40.5 Å². The first-order valence-electron chi connectivity index (χ1n) is 10.7. The summed E-state index contributed by atoms with van der Waals surface area (Å²) in [6.45, 7) is 1.88. The van der Waals surface area contributed by atoms with Crippen LogP contribution < -0.4 is 5.43 Å². The molecule has 1 atom stereocenters. The van der Waals surface area contributed by atoms with E-state index in [-0.39, 0.29) is 23.5 Å². The zero-order valence-corrected chi connectivity index (χ0v) is 19.9. The molecule has 0 saturated heterocycles. The van der Waals surface area contributed by atoms with Crippen LogP contribution in [0.1, 0.15) is 35.6 Å². The van der Waals surface area contributed by atoms with Gasteiger partial charge in [-0.15, -0.1) is 0 Å². The molecule has 0 fully saturated rings. The van der Waals surface area contributed by atoms with Crippen LogP contribution >= 0.6 is 0 Å². The quantitative estimate of drug-likeness (QED) is 0.199. The van der Waals surface area contributed by atoms with Gasteiger partial charge in [0.15, 0.2) is 16.4 Å². The second-order valence-electron chi connectivity index (χ2n) is 8.06. The van der Waals surface area contributed by atoms with Gasteiger partial charge in [0.2, 0.25) is 5.91 Å². The molecule has 0 radical (unpaired) electrons. The minimum atomic E-state index is -1.07. The van der Waals surface area contributed by atoms with Crippen LogP contribution in [0.15, 0.2) is 76.2 Å². The molecule has 0 aliphatic heterocycles.